The van der Waals surface area contributed by atoms with Gasteiger partial charge in [-0.1, -0.05) is 59.6 Å². The number of carboxylic acid groups (broad SMARTS) is 1. The van der Waals surface area contributed by atoms with Gasteiger partial charge in [0.2, 0.25) is 17.7 Å². The number of hydrogen-bond acceptors (Lipinski definition) is 8. The fourth-order valence-corrected chi connectivity index (χ4v) is 7.09. The van der Waals surface area contributed by atoms with E-state index in [2.05, 4.69) is 16.0 Å². The first kappa shape index (κ1) is 38.2. The minimum Gasteiger partial charge on any atom is -0.481 e. The van der Waals surface area contributed by atoms with Crippen LogP contribution in [-0.2, 0) is 22.7 Å². The zero-order valence-electron chi connectivity index (χ0n) is 30.1. The predicted molar refractivity (Wildman–Crippen MR) is 207 cm³/mol. The van der Waals surface area contributed by atoms with E-state index in [1.54, 1.807) is 51.4 Å². The highest BCUT2D eigenvalue weighted by Crippen LogP contribution is 2.42. The molecule has 4 N–H and O–H groups in total. The van der Waals surface area contributed by atoms with Crippen molar-refractivity contribution in [1.29, 1.82) is 0 Å². The van der Waals surface area contributed by atoms with E-state index in [9.17, 15) is 24.3 Å². The van der Waals surface area contributed by atoms with Crippen LogP contribution in [0.1, 0.15) is 37.9 Å². The molecule has 1 saturated heterocycles. The highest BCUT2D eigenvalue weighted by atomic mass is 35.5. The van der Waals surface area contributed by atoms with Crippen LogP contribution >= 0.6 is 23.2 Å². The maximum Gasteiger partial charge on any atom is 0.407 e. The normalized spacial score (nSPS) is 14.2. The van der Waals surface area contributed by atoms with Crippen LogP contribution in [0.2, 0.25) is 10.0 Å². The monoisotopic (exact) mass is 771 g/mol. The third kappa shape index (κ3) is 8.03. The highest BCUT2D eigenvalue weighted by molar-refractivity contribution is 6.39. The van der Waals surface area contributed by atoms with Gasteiger partial charge in [-0.3, -0.25) is 24.1 Å². The number of hydrogen-bond donors (Lipinski definition) is 4. The summed E-state index contributed by atoms with van der Waals surface area (Å²) in [5.74, 6) is -0.0349. The number of carbonyl (C=O) groups excluding carboxylic acids is 2. The lowest BCUT2D eigenvalue weighted by Crippen LogP contribution is -2.51. The first-order valence-corrected chi connectivity index (χ1v) is 17.9. The van der Waals surface area contributed by atoms with E-state index in [0.717, 1.165) is 5.56 Å². The predicted octanol–water partition coefficient (Wildman–Crippen LogP) is 5.78. The number of nitrogens with one attached hydrogen (secondary N) is 3. The molecule has 6 rings (SSSR count). The van der Waals surface area contributed by atoms with E-state index in [4.69, 9.17) is 37.9 Å². The minimum atomic E-state index is -1.12. The number of carbonyl (C=O) groups is 3. The Balaban J connectivity index is 1.29. The SMILES string of the molecule is CNC(=O)C(C)(C)NCc1cc(=O)n2ccc(-c3cccc(-c4cccc(-c5ccc(CN(CC6CCC(=O)N6)C(=O)O)c(OC)n5)c4Cl)c3Cl)cc2n1. The van der Waals surface area contributed by atoms with E-state index >= 15 is 0 Å². The standard InChI is InChI=1S/C39H39Cl2N7O6/c1-39(2,37(51)42-3)43-19-25-18-33(50)48-16-15-22(17-31(48)44-25)26-7-5-8-27(34(26)40)28-9-6-10-29(35(28)41)30-13-11-23(36(46-30)54-4)20-47(38(52)53)21-24-12-14-32(49)45-24/h5-11,13,15-18,24,43H,12,14,19-21H2,1-4H3,(H,42,51)(H,45,49)(H,52,53). The molecule has 280 valence electrons. The van der Waals surface area contributed by atoms with Crippen molar-refractivity contribution >= 4 is 46.8 Å². The number of rotatable bonds is 12. The average Bonchev–Trinajstić information content (AvgIpc) is 3.57. The quantitative estimate of drug-likeness (QED) is 0.123. The Kier molecular flexibility index (Phi) is 11.2. The van der Waals surface area contributed by atoms with Crippen LogP contribution in [0.25, 0.3) is 39.2 Å². The van der Waals surface area contributed by atoms with E-state index in [1.807, 2.05) is 36.4 Å². The van der Waals surface area contributed by atoms with Gasteiger partial charge in [-0.2, -0.15) is 0 Å². The Morgan fingerprint density at radius 3 is 2.33 bits per heavy atom. The zero-order chi connectivity index (χ0) is 38.7. The van der Waals surface area contributed by atoms with Gasteiger partial charge >= 0.3 is 6.09 Å². The molecule has 2 aromatic carbocycles. The average molecular weight is 773 g/mol. The molecule has 4 heterocycles. The van der Waals surface area contributed by atoms with Crippen LogP contribution in [0.5, 0.6) is 5.88 Å². The molecule has 1 aliphatic heterocycles. The fraction of sp³-hybridized carbons (Fsp3) is 0.282. The zero-order valence-corrected chi connectivity index (χ0v) is 31.6. The first-order chi connectivity index (χ1) is 25.8. The molecule has 13 nitrogen and oxygen atoms in total. The summed E-state index contributed by atoms with van der Waals surface area (Å²) in [7, 11) is 3.03. The molecule has 0 spiro atoms. The molecular formula is C39H39Cl2N7O6. The molecule has 1 fully saturated rings. The second kappa shape index (κ2) is 15.8. The second-order valence-electron chi connectivity index (χ2n) is 13.5. The third-order valence-electron chi connectivity index (χ3n) is 9.39. The molecule has 1 aliphatic rings. The van der Waals surface area contributed by atoms with E-state index in [-0.39, 0.29) is 48.9 Å². The summed E-state index contributed by atoms with van der Waals surface area (Å²) in [6, 6.07) is 19.4. The van der Waals surface area contributed by atoms with Gasteiger partial charge in [0.15, 0.2) is 0 Å². The number of ether oxygens (including phenoxy) is 1. The molecule has 0 radical (unpaired) electrons. The Morgan fingerprint density at radius 1 is 1.00 bits per heavy atom. The number of halogens is 2. The minimum absolute atomic E-state index is 0.0152. The van der Waals surface area contributed by atoms with E-state index in [1.165, 1.54) is 22.5 Å². The number of nitrogens with zero attached hydrogens (tertiary/aromatic N) is 4. The van der Waals surface area contributed by atoms with Gasteiger partial charge in [-0.15, -0.1) is 0 Å². The molecule has 0 bridgehead atoms. The second-order valence-corrected chi connectivity index (χ2v) is 14.2. The van der Waals surface area contributed by atoms with Gasteiger partial charge < -0.3 is 25.4 Å². The van der Waals surface area contributed by atoms with Crippen molar-refractivity contribution in [3.63, 3.8) is 0 Å². The van der Waals surface area contributed by atoms with E-state index in [0.29, 0.717) is 67.7 Å². The Hall–Kier alpha value is -5.50. The van der Waals surface area contributed by atoms with Gasteiger partial charge in [-0.05, 0) is 50.1 Å². The van der Waals surface area contributed by atoms with Gasteiger partial charge in [0.05, 0.1) is 40.6 Å². The van der Waals surface area contributed by atoms with Crippen molar-refractivity contribution in [3.8, 4) is 39.4 Å². The lowest BCUT2D eigenvalue weighted by atomic mass is 9.97. The molecule has 15 heteroatoms. The van der Waals surface area contributed by atoms with Gasteiger partial charge in [-0.25, -0.2) is 14.8 Å². The number of fused-ring (bicyclic) bond motifs is 1. The Labute approximate surface area is 321 Å². The van der Waals surface area contributed by atoms with Crippen molar-refractivity contribution in [2.45, 2.75) is 51.4 Å². The van der Waals surface area contributed by atoms with Gasteiger partial charge in [0.1, 0.15) is 5.65 Å². The molecule has 0 saturated carbocycles. The molecule has 3 aromatic heterocycles. The highest BCUT2D eigenvalue weighted by Gasteiger charge is 2.27. The van der Waals surface area contributed by atoms with Crippen molar-refractivity contribution in [3.05, 3.63) is 105 Å². The number of aromatic nitrogens is 3. The molecular weight excluding hydrogens is 733 g/mol. The number of methoxy groups -OCH3 is 1. The van der Waals surface area contributed by atoms with Crippen LogP contribution in [0.4, 0.5) is 4.79 Å². The fourth-order valence-electron chi connectivity index (χ4n) is 6.43. The number of benzene rings is 2. The molecule has 1 unspecified atom stereocenters. The van der Waals surface area contributed by atoms with Crippen LogP contribution < -0.4 is 26.2 Å². The smallest absolute Gasteiger partial charge is 0.407 e. The molecule has 3 amide bonds. The topological polar surface area (TPSA) is 167 Å². The van der Waals surface area contributed by atoms with Crippen LogP contribution in [-0.4, -0.2) is 74.6 Å². The van der Waals surface area contributed by atoms with Crippen molar-refractivity contribution in [1.82, 2.24) is 35.2 Å². The third-order valence-corrected chi connectivity index (χ3v) is 10.2. The number of pyridine rings is 2. The first-order valence-electron chi connectivity index (χ1n) is 17.2. The van der Waals surface area contributed by atoms with Crippen molar-refractivity contribution < 1.29 is 24.2 Å². The summed E-state index contributed by atoms with van der Waals surface area (Å²) in [6.07, 6.45) is 1.47. The summed E-state index contributed by atoms with van der Waals surface area (Å²) in [5, 5.41) is 19.3. The lowest BCUT2D eigenvalue weighted by molar-refractivity contribution is -0.126. The molecule has 1 atom stereocenters. The van der Waals surface area contributed by atoms with Gasteiger partial charge in [0.25, 0.3) is 5.56 Å². The Bertz CT molecular complexity index is 2330. The molecule has 0 aliphatic carbocycles. The summed E-state index contributed by atoms with van der Waals surface area (Å²) in [5.41, 5.74) is 4.18. The largest absolute Gasteiger partial charge is 0.481 e. The van der Waals surface area contributed by atoms with Gasteiger partial charge in [0, 0.05) is 72.7 Å². The summed E-state index contributed by atoms with van der Waals surface area (Å²) < 4.78 is 7.03. The maximum absolute atomic E-state index is 13.0. The summed E-state index contributed by atoms with van der Waals surface area (Å²) >= 11 is 14.2. The number of likely N-dealkylation sites (N-methyl/N-ethyl adjacent to an activating group) is 1. The van der Waals surface area contributed by atoms with E-state index < -0.39 is 11.6 Å². The maximum atomic E-state index is 13.0. The summed E-state index contributed by atoms with van der Waals surface area (Å²) in [6.45, 7) is 3.86. The lowest BCUT2D eigenvalue weighted by Gasteiger charge is -2.24. The molecule has 5 aromatic rings. The molecule has 54 heavy (non-hydrogen) atoms. The van der Waals surface area contributed by atoms with Crippen molar-refractivity contribution in [2.24, 2.45) is 0 Å². The van der Waals surface area contributed by atoms with Crippen LogP contribution in [0.3, 0.4) is 0 Å². The number of amides is 3. The van der Waals surface area contributed by atoms with Crippen LogP contribution in [0.15, 0.2) is 77.7 Å². The van der Waals surface area contributed by atoms with Crippen LogP contribution in [0, 0.1) is 0 Å². The Morgan fingerprint density at radius 2 is 1.69 bits per heavy atom. The summed E-state index contributed by atoms with van der Waals surface area (Å²) in [4.78, 5) is 59.6. The van der Waals surface area contributed by atoms with Crippen molar-refractivity contribution in [2.75, 3.05) is 20.7 Å².